The van der Waals surface area contributed by atoms with Gasteiger partial charge in [0.05, 0.1) is 18.0 Å². The summed E-state index contributed by atoms with van der Waals surface area (Å²) in [6.07, 6.45) is 9.10. The molecule has 30 heavy (non-hydrogen) atoms. The number of piperidine rings is 1. The van der Waals surface area contributed by atoms with Crippen molar-refractivity contribution in [2.75, 3.05) is 32.8 Å². The number of hydrogen-bond acceptors (Lipinski definition) is 5. The highest BCUT2D eigenvalue weighted by Gasteiger charge is 2.30. The monoisotopic (exact) mass is 411 g/mol. The van der Waals surface area contributed by atoms with E-state index in [1.165, 1.54) is 5.56 Å². The van der Waals surface area contributed by atoms with E-state index >= 15 is 0 Å². The van der Waals surface area contributed by atoms with Crippen LogP contribution in [0.4, 0.5) is 4.79 Å². The topological polar surface area (TPSA) is 63.5 Å². The van der Waals surface area contributed by atoms with E-state index < -0.39 is 0 Å². The Bertz CT molecular complexity index is 844. The van der Waals surface area contributed by atoms with E-state index in [1.54, 1.807) is 0 Å². The Balaban J connectivity index is 1.37. The quantitative estimate of drug-likeness (QED) is 0.768. The van der Waals surface area contributed by atoms with E-state index in [1.807, 2.05) is 42.0 Å². The largest absolute Gasteiger partial charge is 0.450 e. The van der Waals surface area contributed by atoms with E-state index in [0.717, 1.165) is 69.7 Å². The van der Waals surface area contributed by atoms with E-state index in [4.69, 9.17) is 9.72 Å². The molecule has 162 valence electrons. The predicted octanol–water partition coefficient (Wildman–Crippen LogP) is 3.67. The van der Waals surface area contributed by atoms with E-state index in [2.05, 4.69) is 22.1 Å². The second-order valence-corrected chi connectivity index (χ2v) is 8.36. The summed E-state index contributed by atoms with van der Waals surface area (Å²) >= 11 is 0. The first-order chi connectivity index (χ1) is 14.7. The Hall–Kier alpha value is -2.41. The van der Waals surface area contributed by atoms with Gasteiger partial charge in [0.15, 0.2) is 0 Å². The molecule has 1 atom stereocenters. The molecule has 0 saturated carbocycles. The van der Waals surface area contributed by atoms with Crippen molar-refractivity contribution >= 4 is 6.09 Å². The van der Waals surface area contributed by atoms with E-state index in [0.29, 0.717) is 18.6 Å². The fourth-order valence-electron chi connectivity index (χ4n) is 4.98. The van der Waals surface area contributed by atoms with Gasteiger partial charge in [-0.15, -0.1) is 0 Å². The molecule has 7 nitrogen and oxygen atoms in total. The lowest BCUT2D eigenvalue weighted by Crippen LogP contribution is -2.42. The van der Waals surface area contributed by atoms with Crippen LogP contribution in [0, 0.1) is 0 Å². The molecule has 0 N–H and O–H groups in total. The fourth-order valence-corrected chi connectivity index (χ4v) is 4.98. The van der Waals surface area contributed by atoms with E-state index in [9.17, 15) is 4.79 Å². The lowest BCUT2D eigenvalue weighted by Gasteiger charge is -2.37. The summed E-state index contributed by atoms with van der Waals surface area (Å²) < 4.78 is 7.10. The summed E-state index contributed by atoms with van der Waals surface area (Å²) in [5.74, 6) is 0.529. The van der Waals surface area contributed by atoms with E-state index in [-0.39, 0.29) is 6.09 Å². The van der Waals surface area contributed by atoms with Crippen LogP contribution in [0.2, 0.25) is 0 Å². The number of hydrogen-bond donors (Lipinski definition) is 0. The maximum absolute atomic E-state index is 12.1. The number of amides is 1. The molecule has 2 aromatic rings. The number of carbonyl (C=O) groups excluding carboxylic acids is 1. The number of nitrogens with zero attached hydrogens (tertiary/aromatic N) is 5. The smallest absolute Gasteiger partial charge is 0.409 e. The van der Waals surface area contributed by atoms with Gasteiger partial charge < -0.3 is 14.5 Å². The van der Waals surface area contributed by atoms with Gasteiger partial charge in [-0.25, -0.2) is 4.79 Å². The minimum absolute atomic E-state index is 0.156. The molecular formula is C23H33N5O2. The highest BCUT2D eigenvalue weighted by Crippen LogP contribution is 2.35. The maximum atomic E-state index is 12.1. The van der Waals surface area contributed by atoms with Gasteiger partial charge in [-0.2, -0.15) is 5.10 Å². The number of rotatable bonds is 4. The van der Waals surface area contributed by atoms with Gasteiger partial charge >= 0.3 is 6.09 Å². The van der Waals surface area contributed by atoms with Crippen LogP contribution in [0.15, 0.2) is 30.6 Å². The molecule has 2 aromatic heterocycles. The number of ether oxygens (including phenoxy) is 1. The minimum atomic E-state index is -0.156. The Morgan fingerprint density at radius 3 is 2.67 bits per heavy atom. The van der Waals surface area contributed by atoms with Crippen LogP contribution in [0.5, 0.6) is 0 Å². The molecule has 1 amide bonds. The predicted molar refractivity (Wildman–Crippen MR) is 116 cm³/mol. The normalized spacial score (nSPS) is 21.4. The van der Waals surface area contributed by atoms with Crippen molar-refractivity contribution in [1.82, 2.24) is 24.6 Å². The highest BCUT2D eigenvalue weighted by molar-refractivity contribution is 5.67. The van der Waals surface area contributed by atoms with Crippen LogP contribution >= 0.6 is 0 Å². The number of aromatic nitrogens is 3. The van der Waals surface area contributed by atoms with Gasteiger partial charge in [-0.05, 0) is 75.7 Å². The van der Waals surface area contributed by atoms with Crippen molar-refractivity contribution in [3.05, 3.63) is 36.2 Å². The Labute approximate surface area is 179 Å². The first-order valence-corrected chi connectivity index (χ1v) is 11.3. The van der Waals surface area contributed by atoms with Crippen molar-refractivity contribution in [1.29, 1.82) is 0 Å². The Morgan fingerprint density at radius 2 is 1.93 bits per heavy atom. The molecule has 7 heteroatoms. The maximum Gasteiger partial charge on any atom is 0.409 e. The van der Waals surface area contributed by atoms with Gasteiger partial charge in [0.1, 0.15) is 0 Å². The molecule has 2 fully saturated rings. The molecular weight excluding hydrogens is 378 g/mol. The molecule has 2 aliphatic heterocycles. The first kappa shape index (κ1) is 20.8. The lowest BCUT2D eigenvalue weighted by atomic mass is 9.86. The highest BCUT2D eigenvalue weighted by atomic mass is 16.6. The van der Waals surface area contributed by atoms with Gasteiger partial charge in [0, 0.05) is 38.6 Å². The second-order valence-electron chi connectivity index (χ2n) is 8.36. The van der Waals surface area contributed by atoms with Crippen LogP contribution in [-0.4, -0.2) is 69.5 Å². The summed E-state index contributed by atoms with van der Waals surface area (Å²) in [4.78, 5) is 21.3. The van der Waals surface area contributed by atoms with Crippen LogP contribution in [0.3, 0.4) is 0 Å². The molecule has 1 unspecified atom stereocenters. The molecule has 0 radical (unpaired) electrons. The third kappa shape index (κ3) is 4.51. The molecule has 0 aliphatic carbocycles. The third-order valence-corrected chi connectivity index (χ3v) is 6.61. The average Bonchev–Trinajstić information content (AvgIpc) is 3.05. The fraction of sp³-hybridized carbons (Fsp3) is 0.609. The second kappa shape index (κ2) is 9.60. The third-order valence-electron chi connectivity index (χ3n) is 6.61. The molecule has 4 rings (SSSR count). The van der Waals surface area contributed by atoms with Crippen molar-refractivity contribution < 1.29 is 9.53 Å². The minimum Gasteiger partial charge on any atom is -0.450 e. The molecule has 0 spiro atoms. The van der Waals surface area contributed by atoms with Crippen molar-refractivity contribution in [3.8, 4) is 11.4 Å². The number of pyridine rings is 1. The summed E-state index contributed by atoms with van der Waals surface area (Å²) in [6.45, 7) is 6.14. The van der Waals surface area contributed by atoms with Crippen LogP contribution in [0.1, 0.15) is 50.5 Å². The number of carbonyl (C=O) groups is 1. The number of aryl methyl sites for hydroxylation is 1. The Morgan fingerprint density at radius 1 is 1.10 bits per heavy atom. The lowest BCUT2D eigenvalue weighted by molar-refractivity contribution is 0.105. The Kier molecular flexibility index (Phi) is 6.67. The van der Waals surface area contributed by atoms with Crippen molar-refractivity contribution in [2.45, 2.75) is 51.0 Å². The number of likely N-dealkylation sites (tertiary alicyclic amines) is 2. The summed E-state index contributed by atoms with van der Waals surface area (Å²) in [6, 6.07) is 6.90. The van der Waals surface area contributed by atoms with Crippen LogP contribution in [-0.2, 0) is 11.8 Å². The SMILES string of the molecule is CCOC(=O)N1CCCC(N2CCC(c3cccnc3-c3ccnn3C)CC2)CC1. The van der Waals surface area contributed by atoms with Crippen molar-refractivity contribution in [3.63, 3.8) is 0 Å². The van der Waals surface area contributed by atoms with Gasteiger partial charge in [0.2, 0.25) is 0 Å². The van der Waals surface area contributed by atoms with Gasteiger partial charge in [-0.1, -0.05) is 6.07 Å². The van der Waals surface area contributed by atoms with Gasteiger partial charge in [0.25, 0.3) is 0 Å². The standard InChI is InChI=1S/C23H33N5O2/c1-3-30-23(29)28-14-5-6-19(11-17-28)27-15-9-18(10-16-27)20-7-4-12-24-22(20)21-8-13-25-26(21)2/h4,7-8,12-13,18-19H,3,5-6,9-11,14-17H2,1-2H3. The van der Waals surface area contributed by atoms with Crippen LogP contribution in [0.25, 0.3) is 11.4 Å². The molecule has 2 aliphatic rings. The zero-order chi connectivity index (χ0) is 20.9. The molecule has 4 heterocycles. The first-order valence-electron chi connectivity index (χ1n) is 11.3. The summed E-state index contributed by atoms with van der Waals surface area (Å²) in [5, 5.41) is 4.32. The van der Waals surface area contributed by atoms with Crippen LogP contribution < -0.4 is 0 Å². The zero-order valence-corrected chi connectivity index (χ0v) is 18.2. The van der Waals surface area contributed by atoms with Crippen molar-refractivity contribution in [2.24, 2.45) is 7.05 Å². The summed E-state index contributed by atoms with van der Waals surface area (Å²) in [5.41, 5.74) is 3.49. The average molecular weight is 412 g/mol. The molecule has 0 aromatic carbocycles. The molecule has 2 saturated heterocycles. The summed E-state index contributed by atoms with van der Waals surface area (Å²) in [7, 11) is 1.97. The molecule has 0 bridgehead atoms. The van der Waals surface area contributed by atoms with Gasteiger partial charge in [-0.3, -0.25) is 9.67 Å². The zero-order valence-electron chi connectivity index (χ0n) is 18.2.